The van der Waals surface area contributed by atoms with Crippen molar-refractivity contribution in [3.05, 3.63) is 63.6 Å². The average molecular weight is 347 g/mol. The van der Waals surface area contributed by atoms with Crippen LogP contribution in [0, 0.1) is 6.92 Å². The van der Waals surface area contributed by atoms with E-state index in [1.54, 1.807) is 36.4 Å². The Labute approximate surface area is 132 Å². The van der Waals surface area contributed by atoms with Crippen LogP contribution in [0.15, 0.2) is 46.9 Å². The third-order valence-corrected chi connectivity index (χ3v) is 3.97. The summed E-state index contributed by atoms with van der Waals surface area (Å²) >= 11 is 3.39. The first-order valence-corrected chi connectivity index (χ1v) is 7.42. The molecule has 21 heavy (non-hydrogen) atoms. The quantitative estimate of drug-likeness (QED) is 0.462. The van der Waals surface area contributed by atoms with E-state index in [2.05, 4.69) is 15.9 Å². The summed E-state index contributed by atoms with van der Waals surface area (Å²) in [4.78, 5) is 23.6. The van der Waals surface area contributed by atoms with E-state index < -0.39 is 5.97 Å². The summed E-state index contributed by atoms with van der Waals surface area (Å²) in [6.45, 7) is 3.76. The highest BCUT2D eigenvalue weighted by Gasteiger charge is 2.10. The first kappa shape index (κ1) is 15.4. The molecule has 0 heterocycles. The predicted octanol–water partition coefficient (Wildman–Crippen LogP) is 4.57. The van der Waals surface area contributed by atoms with Crippen molar-refractivity contribution in [2.75, 3.05) is 0 Å². The minimum absolute atomic E-state index is 0.0651. The largest absolute Gasteiger partial charge is 0.423 e. The maximum atomic E-state index is 12.0. The Morgan fingerprint density at radius 2 is 1.67 bits per heavy atom. The molecule has 0 unspecified atom stereocenters. The van der Waals surface area contributed by atoms with Crippen molar-refractivity contribution < 1.29 is 14.3 Å². The smallest absolute Gasteiger partial charge is 0.343 e. The molecule has 2 aromatic rings. The molecule has 4 heteroatoms. The molecular weight excluding hydrogens is 332 g/mol. The van der Waals surface area contributed by atoms with E-state index >= 15 is 0 Å². The van der Waals surface area contributed by atoms with Crippen LogP contribution in [0.3, 0.4) is 0 Å². The zero-order valence-electron chi connectivity index (χ0n) is 11.9. The molecular formula is C17H15BrO3. The fraction of sp³-hybridized carbons (Fsp3) is 0.176. The molecule has 3 nitrogen and oxygen atoms in total. The van der Waals surface area contributed by atoms with Crippen molar-refractivity contribution in [1.29, 1.82) is 0 Å². The van der Waals surface area contributed by atoms with Crippen molar-refractivity contribution >= 4 is 27.7 Å². The number of benzene rings is 2. The van der Waals surface area contributed by atoms with Gasteiger partial charge in [0.05, 0.1) is 5.56 Å². The summed E-state index contributed by atoms with van der Waals surface area (Å²) in [5, 5.41) is 0. The minimum atomic E-state index is -0.426. The maximum absolute atomic E-state index is 12.0. The van der Waals surface area contributed by atoms with Crippen LogP contribution in [-0.4, -0.2) is 11.8 Å². The van der Waals surface area contributed by atoms with Gasteiger partial charge in [0.15, 0.2) is 5.78 Å². The first-order valence-electron chi connectivity index (χ1n) is 6.63. The first-order chi connectivity index (χ1) is 10.0. The number of carbonyl (C=O) groups excluding carboxylic acids is 2. The molecule has 0 N–H and O–H groups in total. The Bertz CT molecular complexity index is 675. The predicted molar refractivity (Wildman–Crippen MR) is 84.9 cm³/mol. The van der Waals surface area contributed by atoms with Crippen molar-refractivity contribution in [2.24, 2.45) is 0 Å². The van der Waals surface area contributed by atoms with Gasteiger partial charge in [-0.25, -0.2) is 4.79 Å². The summed E-state index contributed by atoms with van der Waals surface area (Å²) in [7, 11) is 0. The molecule has 0 atom stereocenters. The van der Waals surface area contributed by atoms with Crippen molar-refractivity contribution in [2.45, 2.75) is 20.3 Å². The third-order valence-electron chi connectivity index (χ3n) is 3.12. The summed E-state index contributed by atoms with van der Waals surface area (Å²) in [5.74, 6) is 0.0601. The monoisotopic (exact) mass is 346 g/mol. The molecule has 0 saturated carbocycles. The van der Waals surface area contributed by atoms with Gasteiger partial charge < -0.3 is 4.74 Å². The van der Waals surface area contributed by atoms with E-state index in [1.807, 2.05) is 19.9 Å². The molecule has 2 aromatic carbocycles. The van der Waals surface area contributed by atoms with Gasteiger partial charge in [-0.1, -0.05) is 28.9 Å². The number of esters is 1. The summed E-state index contributed by atoms with van der Waals surface area (Å²) in [6, 6.07) is 11.9. The van der Waals surface area contributed by atoms with Crippen LogP contribution in [0.1, 0.15) is 39.6 Å². The van der Waals surface area contributed by atoms with Crippen LogP contribution in [0.2, 0.25) is 0 Å². The van der Waals surface area contributed by atoms with Gasteiger partial charge in [-0.05, 0) is 48.9 Å². The fourth-order valence-electron chi connectivity index (χ4n) is 1.80. The normalized spacial score (nSPS) is 10.2. The average Bonchev–Trinajstić information content (AvgIpc) is 2.50. The highest BCUT2D eigenvalue weighted by atomic mass is 79.9. The Balaban J connectivity index is 2.12. The molecule has 0 aromatic heterocycles. The van der Waals surface area contributed by atoms with Crippen LogP contribution in [0.25, 0.3) is 0 Å². The van der Waals surface area contributed by atoms with E-state index in [0.717, 1.165) is 10.0 Å². The van der Waals surface area contributed by atoms with E-state index in [1.165, 1.54) is 0 Å². The number of ether oxygens (including phenoxy) is 1. The standard InChI is InChI=1S/C17H15BrO3/c1-3-16(19)12-6-8-14(9-7-12)21-17(20)13-5-4-11(2)15(18)10-13/h4-10H,3H2,1-2H3. The summed E-state index contributed by atoms with van der Waals surface area (Å²) < 4.78 is 6.15. The van der Waals surface area contributed by atoms with Crippen LogP contribution in [0.4, 0.5) is 0 Å². The Hall–Kier alpha value is -1.94. The van der Waals surface area contributed by atoms with Gasteiger partial charge in [-0.3, -0.25) is 4.79 Å². The third kappa shape index (κ3) is 3.79. The molecule has 0 amide bonds. The number of hydrogen-bond donors (Lipinski definition) is 0. The molecule has 0 bridgehead atoms. The van der Waals surface area contributed by atoms with Gasteiger partial charge in [-0.15, -0.1) is 0 Å². The lowest BCUT2D eigenvalue weighted by molar-refractivity contribution is 0.0734. The van der Waals surface area contributed by atoms with Gasteiger partial charge in [0.25, 0.3) is 0 Å². The second kappa shape index (κ2) is 6.68. The van der Waals surface area contributed by atoms with E-state index in [-0.39, 0.29) is 5.78 Å². The fourth-order valence-corrected chi connectivity index (χ4v) is 2.18. The lowest BCUT2D eigenvalue weighted by Gasteiger charge is -2.06. The molecule has 0 spiro atoms. The Kier molecular flexibility index (Phi) is 4.91. The second-order valence-electron chi connectivity index (χ2n) is 4.65. The zero-order chi connectivity index (χ0) is 15.4. The van der Waals surface area contributed by atoms with Gasteiger partial charge in [0.2, 0.25) is 0 Å². The number of Topliss-reactive ketones (excluding diaryl/α,β-unsaturated/α-hetero) is 1. The number of rotatable bonds is 4. The molecule has 0 aliphatic rings. The van der Waals surface area contributed by atoms with Gasteiger partial charge in [0.1, 0.15) is 5.75 Å². The number of ketones is 1. The number of halogens is 1. The Morgan fingerprint density at radius 1 is 1.05 bits per heavy atom. The molecule has 2 rings (SSSR count). The molecule has 0 fully saturated rings. The number of carbonyl (C=O) groups is 2. The summed E-state index contributed by atoms with van der Waals surface area (Å²) in [6.07, 6.45) is 0.455. The molecule has 108 valence electrons. The highest BCUT2D eigenvalue weighted by Crippen LogP contribution is 2.20. The minimum Gasteiger partial charge on any atom is -0.423 e. The van der Waals surface area contributed by atoms with Crippen molar-refractivity contribution in [1.82, 2.24) is 0 Å². The number of aryl methyl sites for hydroxylation is 1. The molecule has 0 radical (unpaired) electrons. The maximum Gasteiger partial charge on any atom is 0.343 e. The Morgan fingerprint density at radius 3 is 2.24 bits per heavy atom. The molecule has 0 aliphatic heterocycles. The highest BCUT2D eigenvalue weighted by molar-refractivity contribution is 9.10. The van der Waals surface area contributed by atoms with Crippen LogP contribution < -0.4 is 4.74 Å². The van der Waals surface area contributed by atoms with Crippen LogP contribution >= 0.6 is 15.9 Å². The van der Waals surface area contributed by atoms with E-state index in [0.29, 0.717) is 23.3 Å². The second-order valence-corrected chi connectivity index (χ2v) is 5.51. The van der Waals surface area contributed by atoms with E-state index in [4.69, 9.17) is 4.74 Å². The van der Waals surface area contributed by atoms with Gasteiger partial charge >= 0.3 is 5.97 Å². The van der Waals surface area contributed by atoms with Gasteiger partial charge in [0, 0.05) is 16.5 Å². The topological polar surface area (TPSA) is 43.4 Å². The SMILES string of the molecule is CCC(=O)c1ccc(OC(=O)c2ccc(C)c(Br)c2)cc1. The zero-order valence-corrected chi connectivity index (χ0v) is 13.4. The van der Waals surface area contributed by atoms with Crippen LogP contribution in [0.5, 0.6) is 5.75 Å². The molecule has 0 aliphatic carbocycles. The number of hydrogen-bond acceptors (Lipinski definition) is 3. The van der Waals surface area contributed by atoms with Crippen LogP contribution in [-0.2, 0) is 0 Å². The van der Waals surface area contributed by atoms with Gasteiger partial charge in [-0.2, -0.15) is 0 Å². The van der Waals surface area contributed by atoms with E-state index in [9.17, 15) is 9.59 Å². The van der Waals surface area contributed by atoms with Crippen molar-refractivity contribution in [3.63, 3.8) is 0 Å². The lowest BCUT2D eigenvalue weighted by atomic mass is 10.1. The summed E-state index contributed by atoms with van der Waals surface area (Å²) in [5.41, 5.74) is 2.14. The molecule has 0 saturated heterocycles. The van der Waals surface area contributed by atoms with Crippen molar-refractivity contribution in [3.8, 4) is 5.75 Å². The lowest BCUT2D eigenvalue weighted by Crippen LogP contribution is -2.08.